The van der Waals surface area contributed by atoms with Gasteiger partial charge < -0.3 is 4.74 Å². The van der Waals surface area contributed by atoms with Gasteiger partial charge in [0.15, 0.2) is 0 Å². The van der Waals surface area contributed by atoms with Gasteiger partial charge in [0.25, 0.3) is 0 Å². The number of halogens is 2. The van der Waals surface area contributed by atoms with Crippen molar-refractivity contribution < 1.29 is 9.53 Å². The number of unbranched alkanes of at least 4 members (excludes halogenated alkanes) is 2. The fraction of sp³-hybridized carbons (Fsp3) is 0.417. The molecule has 0 aliphatic rings. The highest BCUT2D eigenvalue weighted by Crippen LogP contribution is 2.24. The highest BCUT2D eigenvalue weighted by atomic mass is 35.5. The topological polar surface area (TPSA) is 26.3 Å². The molecule has 0 unspecified atom stereocenters. The number of benzene rings is 1. The fourth-order valence-electron chi connectivity index (χ4n) is 1.29. The summed E-state index contributed by atoms with van der Waals surface area (Å²) < 4.78 is 5.11. The van der Waals surface area contributed by atoms with Crippen LogP contribution in [0.4, 0.5) is 0 Å². The number of hydrogen-bond acceptors (Lipinski definition) is 2. The summed E-state index contributed by atoms with van der Waals surface area (Å²) >= 11 is 11.6. The van der Waals surface area contributed by atoms with Crippen molar-refractivity contribution >= 4 is 29.2 Å². The third-order valence-corrected chi connectivity index (χ3v) is 2.49. The molecule has 0 amide bonds. The molecule has 4 heteroatoms. The van der Waals surface area contributed by atoms with Crippen molar-refractivity contribution in [3.63, 3.8) is 0 Å². The van der Waals surface area contributed by atoms with Gasteiger partial charge in [-0.3, -0.25) is 4.79 Å². The van der Waals surface area contributed by atoms with Crippen molar-refractivity contribution in [2.75, 3.05) is 0 Å². The van der Waals surface area contributed by atoms with Crippen LogP contribution in [0.25, 0.3) is 0 Å². The average molecular weight is 261 g/mol. The molecular formula is C12H14Cl2O2. The van der Waals surface area contributed by atoms with Gasteiger partial charge in [0.1, 0.15) is 5.75 Å². The van der Waals surface area contributed by atoms with E-state index in [0.29, 0.717) is 22.2 Å². The maximum Gasteiger partial charge on any atom is 0.311 e. The van der Waals surface area contributed by atoms with Crippen molar-refractivity contribution in [1.82, 2.24) is 0 Å². The summed E-state index contributed by atoms with van der Waals surface area (Å²) in [5, 5.41) is 0.924. The van der Waals surface area contributed by atoms with E-state index in [-0.39, 0.29) is 5.97 Å². The molecule has 0 N–H and O–H groups in total. The van der Waals surface area contributed by atoms with Crippen LogP contribution in [0.3, 0.4) is 0 Å². The normalized spacial score (nSPS) is 10.2. The molecule has 0 heterocycles. The van der Waals surface area contributed by atoms with Crippen molar-refractivity contribution in [2.45, 2.75) is 32.6 Å². The molecule has 0 aromatic heterocycles. The predicted molar refractivity (Wildman–Crippen MR) is 66.2 cm³/mol. The van der Waals surface area contributed by atoms with Crippen LogP contribution >= 0.6 is 23.2 Å². The first-order valence-electron chi connectivity index (χ1n) is 5.28. The Balaban J connectivity index is 2.49. The Hall–Kier alpha value is -0.730. The zero-order valence-corrected chi connectivity index (χ0v) is 10.6. The summed E-state index contributed by atoms with van der Waals surface area (Å²) in [5.41, 5.74) is 0. The van der Waals surface area contributed by atoms with Crippen LogP contribution in [0.1, 0.15) is 32.6 Å². The van der Waals surface area contributed by atoms with E-state index in [1.54, 1.807) is 18.2 Å². The second kappa shape index (κ2) is 6.77. The average Bonchev–Trinajstić information content (AvgIpc) is 2.16. The Kier molecular flexibility index (Phi) is 5.64. The van der Waals surface area contributed by atoms with E-state index in [0.717, 1.165) is 19.3 Å². The molecule has 1 aromatic rings. The molecule has 0 aliphatic heterocycles. The van der Waals surface area contributed by atoms with Crippen molar-refractivity contribution in [3.8, 4) is 5.75 Å². The highest BCUT2D eigenvalue weighted by molar-refractivity contribution is 6.34. The molecule has 2 nitrogen and oxygen atoms in total. The molecule has 0 atom stereocenters. The van der Waals surface area contributed by atoms with Crippen molar-refractivity contribution in [3.05, 3.63) is 28.2 Å². The smallest absolute Gasteiger partial charge is 0.311 e. The summed E-state index contributed by atoms with van der Waals surface area (Å²) in [5.74, 6) is 0.158. The fourth-order valence-corrected chi connectivity index (χ4v) is 1.80. The molecular weight excluding hydrogens is 247 g/mol. The Morgan fingerprint density at radius 3 is 2.38 bits per heavy atom. The number of ether oxygens (including phenoxy) is 1. The quantitative estimate of drug-likeness (QED) is 0.443. The van der Waals surface area contributed by atoms with Gasteiger partial charge in [-0.25, -0.2) is 0 Å². The third kappa shape index (κ3) is 4.86. The van der Waals surface area contributed by atoms with E-state index >= 15 is 0 Å². The molecule has 0 spiro atoms. The molecule has 88 valence electrons. The summed E-state index contributed by atoms with van der Waals surface area (Å²) in [6.45, 7) is 2.09. The lowest BCUT2D eigenvalue weighted by Crippen LogP contribution is -2.07. The number of carbonyl (C=O) groups excluding carboxylic acids is 1. The largest absolute Gasteiger partial charge is 0.426 e. The summed E-state index contributed by atoms with van der Waals surface area (Å²) in [6.07, 6.45) is 3.39. The first-order valence-corrected chi connectivity index (χ1v) is 6.04. The van der Waals surface area contributed by atoms with Crippen LogP contribution < -0.4 is 4.74 Å². The Morgan fingerprint density at radius 2 is 1.81 bits per heavy atom. The summed E-state index contributed by atoms with van der Waals surface area (Å²) in [6, 6.07) is 4.74. The highest BCUT2D eigenvalue weighted by Gasteiger charge is 2.06. The molecule has 1 aromatic carbocycles. The third-order valence-electron chi connectivity index (χ3n) is 2.05. The van der Waals surface area contributed by atoms with Gasteiger partial charge >= 0.3 is 5.97 Å². The van der Waals surface area contributed by atoms with E-state index < -0.39 is 0 Å². The SMILES string of the molecule is CCCCCC(=O)Oc1cc(Cl)cc(Cl)c1. The molecule has 0 saturated carbocycles. The van der Waals surface area contributed by atoms with Crippen LogP contribution in [-0.2, 0) is 4.79 Å². The minimum atomic E-state index is -0.244. The van der Waals surface area contributed by atoms with Crippen LogP contribution in [0.15, 0.2) is 18.2 Å². The second-order valence-corrected chi connectivity index (χ2v) is 4.41. The van der Waals surface area contributed by atoms with Gasteiger partial charge in [0.05, 0.1) is 0 Å². The molecule has 0 fully saturated rings. The maximum atomic E-state index is 11.4. The van der Waals surface area contributed by atoms with Gasteiger partial charge in [0, 0.05) is 16.5 Å². The first kappa shape index (κ1) is 13.3. The predicted octanol–water partition coefficient (Wildman–Crippen LogP) is 4.48. The second-order valence-electron chi connectivity index (χ2n) is 3.54. The number of hydrogen-bond donors (Lipinski definition) is 0. The van der Waals surface area contributed by atoms with E-state index in [9.17, 15) is 4.79 Å². The van der Waals surface area contributed by atoms with Crippen molar-refractivity contribution in [1.29, 1.82) is 0 Å². The number of esters is 1. The van der Waals surface area contributed by atoms with Gasteiger partial charge in [-0.05, 0) is 24.6 Å². The van der Waals surface area contributed by atoms with Crippen LogP contribution in [-0.4, -0.2) is 5.97 Å². The van der Waals surface area contributed by atoms with E-state index in [4.69, 9.17) is 27.9 Å². The van der Waals surface area contributed by atoms with Gasteiger partial charge in [-0.2, -0.15) is 0 Å². The van der Waals surface area contributed by atoms with Gasteiger partial charge in [-0.1, -0.05) is 43.0 Å². The van der Waals surface area contributed by atoms with Crippen LogP contribution in [0, 0.1) is 0 Å². The van der Waals surface area contributed by atoms with E-state index in [1.807, 2.05) is 0 Å². The zero-order chi connectivity index (χ0) is 12.0. The Labute approximate surface area is 106 Å². The Bertz CT molecular complexity index is 344. The lowest BCUT2D eigenvalue weighted by atomic mass is 10.2. The van der Waals surface area contributed by atoms with Crippen LogP contribution in [0.5, 0.6) is 5.75 Å². The van der Waals surface area contributed by atoms with E-state index in [2.05, 4.69) is 6.92 Å². The molecule has 1 rings (SSSR count). The lowest BCUT2D eigenvalue weighted by molar-refractivity contribution is -0.134. The van der Waals surface area contributed by atoms with Crippen molar-refractivity contribution in [2.24, 2.45) is 0 Å². The van der Waals surface area contributed by atoms with Gasteiger partial charge in [0.2, 0.25) is 0 Å². The standard InChI is InChI=1S/C12H14Cl2O2/c1-2-3-4-5-12(15)16-11-7-9(13)6-10(14)8-11/h6-8H,2-5H2,1H3. The summed E-state index contributed by atoms with van der Waals surface area (Å²) in [7, 11) is 0. The van der Waals surface area contributed by atoms with Crippen LogP contribution in [0.2, 0.25) is 10.0 Å². The van der Waals surface area contributed by atoms with Gasteiger partial charge in [-0.15, -0.1) is 0 Å². The maximum absolute atomic E-state index is 11.4. The van der Waals surface area contributed by atoms with E-state index in [1.165, 1.54) is 0 Å². The molecule has 0 aliphatic carbocycles. The minimum Gasteiger partial charge on any atom is -0.426 e. The lowest BCUT2D eigenvalue weighted by Gasteiger charge is -2.05. The number of carbonyl (C=O) groups is 1. The molecule has 0 radical (unpaired) electrons. The zero-order valence-electron chi connectivity index (χ0n) is 9.13. The first-order chi connectivity index (χ1) is 7.61. The Morgan fingerprint density at radius 1 is 1.19 bits per heavy atom. The molecule has 0 bridgehead atoms. The molecule has 0 saturated heterocycles. The molecule has 16 heavy (non-hydrogen) atoms. The summed E-state index contributed by atoms with van der Waals surface area (Å²) in [4.78, 5) is 11.4. The minimum absolute atomic E-state index is 0.244. The monoisotopic (exact) mass is 260 g/mol. The number of rotatable bonds is 5.